The topological polar surface area (TPSA) is 8.81 Å². The highest BCUT2D eigenvalue weighted by Gasteiger charge is 2.16. The molecule has 2 nitrogen and oxygen atoms in total. The fourth-order valence-electron chi connectivity index (χ4n) is 8.62. The fourth-order valence-corrected chi connectivity index (χ4v) is 8.62. The third-order valence-electron chi connectivity index (χ3n) is 12.3. The van der Waals surface area contributed by atoms with E-state index >= 15 is 0 Å². The van der Waals surface area contributed by atoms with Gasteiger partial charge in [-0.15, -0.1) is 0 Å². The number of hydrogen-bond donors (Lipinski definition) is 0. The molecule has 0 spiro atoms. The van der Waals surface area contributed by atoms with E-state index in [4.69, 9.17) is 0 Å². The molecule has 0 aromatic carbocycles. The molecule has 0 saturated carbocycles. The van der Waals surface area contributed by atoms with Gasteiger partial charge in [-0.2, -0.15) is 0 Å². The van der Waals surface area contributed by atoms with Crippen molar-refractivity contribution < 1.29 is 4.57 Å². The Morgan fingerprint density at radius 1 is 0.321 bits per heavy atom. The highest BCUT2D eigenvalue weighted by molar-refractivity contribution is 4.84. The van der Waals surface area contributed by atoms with Crippen molar-refractivity contribution in [1.29, 1.82) is 0 Å². The molecule has 0 fully saturated rings. The van der Waals surface area contributed by atoms with Crippen LogP contribution in [-0.2, 0) is 19.5 Å². The molecule has 1 heterocycles. The van der Waals surface area contributed by atoms with Crippen LogP contribution in [0.2, 0.25) is 0 Å². The maximum absolute atomic E-state index is 2.66. The van der Waals surface area contributed by atoms with E-state index in [1.807, 2.05) is 0 Å². The van der Waals surface area contributed by atoms with Crippen LogP contribution >= 0.6 is 0 Å². The Morgan fingerprint density at radius 2 is 0.585 bits per heavy atom. The van der Waals surface area contributed by atoms with Crippen LogP contribution in [0.25, 0.3) is 0 Å². The number of hydrogen-bond acceptors (Lipinski definition) is 0. The van der Waals surface area contributed by atoms with Gasteiger partial charge in [0.15, 0.2) is 0 Å². The molecule has 0 bridgehead atoms. The van der Waals surface area contributed by atoms with Gasteiger partial charge in [-0.25, -0.2) is 9.13 Å². The molecule has 0 N–H and O–H groups in total. The van der Waals surface area contributed by atoms with Crippen molar-refractivity contribution in [3.8, 4) is 0 Å². The van der Waals surface area contributed by atoms with Crippen LogP contribution < -0.4 is 4.57 Å². The van der Waals surface area contributed by atoms with Gasteiger partial charge in [-0.05, 0) is 32.1 Å². The summed E-state index contributed by atoms with van der Waals surface area (Å²) in [5.41, 5.74) is 0. The van der Waals surface area contributed by atoms with Gasteiger partial charge < -0.3 is 0 Å². The van der Waals surface area contributed by atoms with Crippen LogP contribution in [0.4, 0.5) is 0 Å². The van der Waals surface area contributed by atoms with E-state index in [2.05, 4.69) is 42.3 Å². The van der Waals surface area contributed by atoms with Crippen molar-refractivity contribution in [2.75, 3.05) is 0 Å². The fraction of sp³-hybridized carbons (Fsp3) is 0.941. The van der Waals surface area contributed by atoms with E-state index < -0.39 is 0 Å². The molecular weight excluding hydrogens is 641 g/mol. The summed E-state index contributed by atoms with van der Waals surface area (Å²) in [5, 5.41) is 0. The molecule has 0 aliphatic rings. The summed E-state index contributed by atoms with van der Waals surface area (Å²) in [6, 6.07) is 0. The van der Waals surface area contributed by atoms with Gasteiger partial charge in [-0.3, -0.25) is 0 Å². The molecule has 1 aromatic rings. The van der Waals surface area contributed by atoms with Gasteiger partial charge >= 0.3 is 0 Å². The van der Waals surface area contributed by atoms with E-state index in [-0.39, 0.29) is 0 Å². The first kappa shape index (κ1) is 50.2. The van der Waals surface area contributed by atoms with E-state index in [0.717, 1.165) is 0 Å². The number of aryl methyl sites for hydroxylation is 2. The van der Waals surface area contributed by atoms with Crippen molar-refractivity contribution in [1.82, 2.24) is 4.57 Å². The Kier molecular flexibility index (Phi) is 40.1. The predicted octanol–water partition coefficient (Wildman–Crippen LogP) is 17.8. The number of nitrogens with zero attached hydrogens (tertiary/aromatic N) is 2. The lowest BCUT2D eigenvalue weighted by Gasteiger charge is -2.07. The second kappa shape index (κ2) is 42.4. The Labute approximate surface area is 336 Å². The maximum Gasteiger partial charge on any atom is 0.256 e. The Bertz CT molecular complexity index is 811. The molecule has 1 aromatic heterocycles. The lowest BCUT2D eigenvalue weighted by molar-refractivity contribution is -0.704. The number of aromatic nitrogens is 2. The molecule has 0 aliphatic carbocycles. The Balaban J connectivity index is 2.26. The van der Waals surface area contributed by atoms with Crippen LogP contribution in [0.3, 0.4) is 0 Å². The quantitative estimate of drug-likeness (QED) is 0.0465. The van der Waals surface area contributed by atoms with Crippen molar-refractivity contribution in [2.45, 2.75) is 310 Å². The van der Waals surface area contributed by atoms with E-state index in [0.29, 0.717) is 0 Å². The molecule has 0 atom stereocenters. The molecule has 314 valence electrons. The lowest BCUT2D eigenvalue weighted by Crippen LogP contribution is -2.37. The summed E-state index contributed by atoms with van der Waals surface area (Å²) in [4.78, 5) is 0. The van der Waals surface area contributed by atoms with Gasteiger partial charge in [0.2, 0.25) is 0 Å². The minimum absolute atomic E-state index is 1.23. The maximum atomic E-state index is 2.66. The predicted molar refractivity (Wildman–Crippen MR) is 239 cm³/mol. The molecule has 0 radical (unpaired) electrons. The van der Waals surface area contributed by atoms with Crippen LogP contribution in [0.15, 0.2) is 12.4 Å². The van der Waals surface area contributed by atoms with Crippen molar-refractivity contribution in [3.63, 3.8) is 0 Å². The first-order chi connectivity index (χ1) is 26.3. The summed E-state index contributed by atoms with van der Waals surface area (Å²) in [7, 11) is 0. The van der Waals surface area contributed by atoms with Crippen molar-refractivity contribution in [2.24, 2.45) is 0 Å². The largest absolute Gasteiger partial charge is 0.256 e. The van der Waals surface area contributed by atoms with Crippen LogP contribution in [0, 0.1) is 0 Å². The zero-order valence-electron chi connectivity index (χ0n) is 37.4. The van der Waals surface area contributed by atoms with Gasteiger partial charge in [0, 0.05) is 6.42 Å². The second-order valence-corrected chi connectivity index (χ2v) is 17.6. The van der Waals surface area contributed by atoms with Crippen molar-refractivity contribution >= 4 is 0 Å². The molecule has 0 saturated heterocycles. The van der Waals surface area contributed by atoms with Crippen LogP contribution in [0.5, 0.6) is 0 Å². The minimum Gasteiger partial charge on any atom is -0.234 e. The van der Waals surface area contributed by atoms with Crippen LogP contribution in [-0.4, -0.2) is 4.57 Å². The molecule has 0 aliphatic heterocycles. The Hall–Kier alpha value is -0.790. The van der Waals surface area contributed by atoms with Crippen molar-refractivity contribution in [3.05, 3.63) is 18.2 Å². The first-order valence-corrected chi connectivity index (χ1v) is 25.4. The Morgan fingerprint density at radius 3 is 0.906 bits per heavy atom. The van der Waals surface area contributed by atoms with Crippen LogP contribution in [0.1, 0.15) is 296 Å². The van der Waals surface area contributed by atoms with E-state index in [1.165, 1.54) is 289 Å². The van der Waals surface area contributed by atoms with Gasteiger partial charge in [-0.1, -0.05) is 258 Å². The molecule has 1 rings (SSSR count). The molecule has 0 unspecified atom stereocenters. The van der Waals surface area contributed by atoms with E-state index in [1.54, 1.807) is 5.82 Å². The normalized spacial score (nSPS) is 11.7. The van der Waals surface area contributed by atoms with Gasteiger partial charge in [0.05, 0.1) is 13.1 Å². The highest BCUT2D eigenvalue weighted by atomic mass is 15.1. The number of unbranched alkanes of at least 4 members (excludes halogenated alkanes) is 39. The second-order valence-electron chi connectivity index (χ2n) is 17.6. The zero-order valence-corrected chi connectivity index (χ0v) is 37.4. The number of imidazole rings is 1. The summed E-state index contributed by atoms with van der Waals surface area (Å²) in [6.45, 7) is 9.42. The summed E-state index contributed by atoms with van der Waals surface area (Å²) in [5.74, 6) is 1.63. The van der Waals surface area contributed by atoms with Gasteiger partial charge in [0.1, 0.15) is 12.4 Å². The SMILES string of the molecule is CCCCCCCCCCCCCCCCCc1n(CCCCCCCCCCCCCCCC)cc[n+]1CCCCCCCCCCCCCCC. The third kappa shape index (κ3) is 34.2. The zero-order chi connectivity index (χ0) is 38.0. The third-order valence-corrected chi connectivity index (χ3v) is 12.3. The molecule has 0 amide bonds. The molecule has 2 heteroatoms. The molecule has 53 heavy (non-hydrogen) atoms. The monoisotopic (exact) mass is 742 g/mol. The van der Waals surface area contributed by atoms with Gasteiger partial charge in [0.25, 0.3) is 5.82 Å². The average Bonchev–Trinajstić information content (AvgIpc) is 3.55. The average molecular weight is 742 g/mol. The minimum atomic E-state index is 1.23. The number of rotatable bonds is 45. The summed E-state index contributed by atoms with van der Waals surface area (Å²) >= 11 is 0. The van der Waals surface area contributed by atoms with E-state index in [9.17, 15) is 0 Å². The summed E-state index contributed by atoms with van der Waals surface area (Å²) in [6.07, 6.45) is 66.8. The smallest absolute Gasteiger partial charge is 0.234 e. The first-order valence-electron chi connectivity index (χ1n) is 25.4. The highest BCUT2D eigenvalue weighted by Crippen LogP contribution is 2.17. The summed E-state index contributed by atoms with van der Waals surface area (Å²) < 4.78 is 5.32. The lowest BCUT2D eigenvalue weighted by atomic mass is 10.0. The molecular formula is C51H101N2+. The standard InChI is InChI=1S/C51H101N2/c1-4-7-10-13-16-19-22-25-27-28-31-34-37-40-43-46-51-52(47-44-41-38-35-32-29-24-21-18-15-12-9-6-3)49-50-53(51)48-45-42-39-36-33-30-26-23-20-17-14-11-8-5-2/h49-50H,4-48H2,1-3H3/q+1.